The molecule has 0 bridgehead atoms. The summed E-state index contributed by atoms with van der Waals surface area (Å²) >= 11 is 0. The molecule has 2 N–H and O–H groups in total. The fraction of sp³-hybridized carbons (Fsp3) is 0.250. The SMILES string of the molecule is CCN(O)C(=O)c1cccc(=O)[nH]1. The van der Waals surface area contributed by atoms with Gasteiger partial charge in [-0.3, -0.25) is 14.8 Å². The highest BCUT2D eigenvalue weighted by Crippen LogP contribution is 1.95. The fourth-order valence-electron chi connectivity index (χ4n) is 0.855. The van der Waals surface area contributed by atoms with Crippen LogP contribution in [0.5, 0.6) is 0 Å². The smallest absolute Gasteiger partial charge is 0.293 e. The number of nitrogens with zero attached hydrogens (tertiary/aromatic N) is 1. The maximum atomic E-state index is 11.2. The van der Waals surface area contributed by atoms with E-state index in [4.69, 9.17) is 5.21 Å². The third kappa shape index (κ3) is 2.16. The first-order valence-electron chi connectivity index (χ1n) is 3.85. The van der Waals surface area contributed by atoms with Crippen molar-refractivity contribution in [2.75, 3.05) is 6.54 Å². The first kappa shape index (κ1) is 9.47. The van der Waals surface area contributed by atoms with Gasteiger partial charge in [0.1, 0.15) is 5.69 Å². The van der Waals surface area contributed by atoms with Gasteiger partial charge in [-0.05, 0) is 13.0 Å². The van der Waals surface area contributed by atoms with Crippen LogP contribution in [0.15, 0.2) is 23.0 Å². The quantitative estimate of drug-likeness (QED) is 0.507. The van der Waals surface area contributed by atoms with Crippen LogP contribution >= 0.6 is 0 Å². The van der Waals surface area contributed by atoms with Crippen LogP contribution in [-0.4, -0.2) is 27.7 Å². The van der Waals surface area contributed by atoms with Gasteiger partial charge in [0.05, 0.1) is 0 Å². The van der Waals surface area contributed by atoms with E-state index in [1.54, 1.807) is 6.92 Å². The molecule has 13 heavy (non-hydrogen) atoms. The molecular weight excluding hydrogens is 172 g/mol. The van der Waals surface area contributed by atoms with Gasteiger partial charge in [0.2, 0.25) is 5.56 Å². The normalized spacial score (nSPS) is 9.69. The van der Waals surface area contributed by atoms with Crippen LogP contribution in [0.4, 0.5) is 0 Å². The van der Waals surface area contributed by atoms with Gasteiger partial charge in [0.25, 0.3) is 5.91 Å². The summed E-state index contributed by atoms with van der Waals surface area (Å²) in [5, 5.41) is 9.57. The maximum Gasteiger partial charge on any atom is 0.293 e. The Morgan fingerprint density at radius 2 is 2.31 bits per heavy atom. The zero-order valence-corrected chi connectivity index (χ0v) is 7.15. The molecular formula is C8H10N2O3. The van der Waals surface area contributed by atoms with Crippen molar-refractivity contribution in [3.05, 3.63) is 34.2 Å². The molecule has 0 aliphatic heterocycles. The summed E-state index contributed by atoms with van der Waals surface area (Å²) in [5.41, 5.74) is -0.285. The Hall–Kier alpha value is -1.62. The Balaban J connectivity index is 2.95. The van der Waals surface area contributed by atoms with Gasteiger partial charge in [0, 0.05) is 12.6 Å². The molecule has 0 aliphatic carbocycles. The van der Waals surface area contributed by atoms with Crippen LogP contribution in [-0.2, 0) is 0 Å². The van der Waals surface area contributed by atoms with Gasteiger partial charge in [-0.25, -0.2) is 5.06 Å². The topological polar surface area (TPSA) is 73.4 Å². The van der Waals surface area contributed by atoms with Gasteiger partial charge >= 0.3 is 0 Å². The standard InChI is InChI=1S/C8H10N2O3/c1-2-10(13)8(12)6-4-3-5-7(11)9-6/h3-5,13H,2H2,1H3,(H,9,11). The maximum absolute atomic E-state index is 11.2. The number of carbonyl (C=O) groups is 1. The van der Waals surface area contributed by atoms with Crippen LogP contribution in [0.3, 0.4) is 0 Å². The molecule has 1 aromatic rings. The van der Waals surface area contributed by atoms with Crippen molar-refractivity contribution in [1.82, 2.24) is 10.0 Å². The molecule has 0 unspecified atom stereocenters. The van der Waals surface area contributed by atoms with Crippen molar-refractivity contribution in [2.24, 2.45) is 0 Å². The second-order valence-electron chi connectivity index (χ2n) is 2.45. The molecule has 1 heterocycles. The zero-order valence-electron chi connectivity index (χ0n) is 7.15. The lowest BCUT2D eigenvalue weighted by molar-refractivity contribution is -0.0546. The summed E-state index contributed by atoms with van der Waals surface area (Å²) in [6, 6.07) is 4.18. The number of carbonyl (C=O) groups excluding carboxylic acids is 1. The molecule has 0 saturated carbocycles. The molecule has 0 aliphatic rings. The van der Waals surface area contributed by atoms with E-state index >= 15 is 0 Å². The monoisotopic (exact) mass is 182 g/mol. The van der Waals surface area contributed by atoms with Crippen LogP contribution in [0, 0.1) is 0 Å². The summed E-state index contributed by atoms with van der Waals surface area (Å²) < 4.78 is 0. The fourth-order valence-corrected chi connectivity index (χ4v) is 0.855. The third-order valence-electron chi connectivity index (χ3n) is 1.53. The van der Waals surface area contributed by atoms with Crippen molar-refractivity contribution in [2.45, 2.75) is 6.92 Å². The lowest BCUT2D eigenvalue weighted by atomic mass is 10.3. The van der Waals surface area contributed by atoms with Crippen molar-refractivity contribution in [3.63, 3.8) is 0 Å². The molecule has 0 radical (unpaired) electrons. The van der Waals surface area contributed by atoms with E-state index in [1.165, 1.54) is 18.2 Å². The highest BCUT2D eigenvalue weighted by molar-refractivity contribution is 5.91. The highest BCUT2D eigenvalue weighted by atomic mass is 16.5. The Bertz CT molecular complexity index is 358. The van der Waals surface area contributed by atoms with Crippen molar-refractivity contribution in [1.29, 1.82) is 0 Å². The Labute approximate surface area is 74.6 Å². The van der Waals surface area contributed by atoms with Crippen LogP contribution in [0.1, 0.15) is 17.4 Å². The first-order chi connectivity index (χ1) is 6.15. The number of H-pyrrole nitrogens is 1. The van der Waals surface area contributed by atoms with Gasteiger partial charge in [0.15, 0.2) is 0 Å². The van der Waals surface area contributed by atoms with E-state index in [1.807, 2.05) is 0 Å². The average Bonchev–Trinajstić information content (AvgIpc) is 2.15. The van der Waals surface area contributed by atoms with Crippen molar-refractivity contribution in [3.8, 4) is 0 Å². The minimum Gasteiger partial charge on any atom is -0.318 e. The van der Waals surface area contributed by atoms with E-state index in [2.05, 4.69) is 4.98 Å². The summed E-state index contributed by atoms with van der Waals surface area (Å²) in [4.78, 5) is 24.3. The molecule has 5 nitrogen and oxygen atoms in total. The number of aromatic nitrogens is 1. The Kier molecular flexibility index (Phi) is 2.81. The van der Waals surface area contributed by atoms with Gasteiger partial charge in [-0.1, -0.05) is 6.07 Å². The Morgan fingerprint density at radius 3 is 2.85 bits per heavy atom. The lowest BCUT2D eigenvalue weighted by Gasteiger charge is -2.10. The predicted octanol–water partition coefficient (Wildman–Crippen LogP) is 0.226. The van der Waals surface area contributed by atoms with Crippen molar-refractivity contribution < 1.29 is 10.0 Å². The van der Waals surface area contributed by atoms with Crippen molar-refractivity contribution >= 4 is 5.91 Å². The molecule has 0 fully saturated rings. The second kappa shape index (κ2) is 3.86. The number of amides is 1. The van der Waals surface area contributed by atoms with E-state index in [9.17, 15) is 9.59 Å². The third-order valence-corrected chi connectivity index (χ3v) is 1.53. The molecule has 1 rings (SSSR count). The number of hydroxylamine groups is 2. The number of hydrogen-bond acceptors (Lipinski definition) is 3. The Morgan fingerprint density at radius 1 is 1.62 bits per heavy atom. The summed E-state index contributed by atoms with van der Waals surface area (Å²) in [6.45, 7) is 1.80. The molecule has 0 atom stereocenters. The molecule has 0 aromatic carbocycles. The molecule has 1 amide bonds. The van der Waals surface area contributed by atoms with Crippen LogP contribution < -0.4 is 5.56 Å². The van der Waals surface area contributed by atoms with Crippen LogP contribution in [0.25, 0.3) is 0 Å². The first-order valence-corrected chi connectivity index (χ1v) is 3.85. The molecule has 0 spiro atoms. The minimum absolute atomic E-state index is 0.0804. The summed E-state index contributed by atoms with van der Waals surface area (Å²) in [7, 11) is 0. The number of aromatic amines is 1. The molecule has 0 saturated heterocycles. The zero-order chi connectivity index (χ0) is 9.84. The number of hydrogen-bond donors (Lipinski definition) is 2. The minimum atomic E-state index is -0.611. The number of nitrogens with one attached hydrogen (secondary N) is 1. The second-order valence-corrected chi connectivity index (χ2v) is 2.45. The predicted molar refractivity (Wildman–Crippen MR) is 45.6 cm³/mol. The van der Waals surface area contributed by atoms with E-state index in [0.717, 1.165) is 0 Å². The highest BCUT2D eigenvalue weighted by Gasteiger charge is 2.11. The summed E-state index contributed by atoms with van der Waals surface area (Å²) in [5.74, 6) is -0.611. The molecule has 70 valence electrons. The number of pyridine rings is 1. The lowest BCUT2D eigenvalue weighted by Crippen LogP contribution is -2.29. The summed E-state index contributed by atoms with van der Waals surface area (Å²) in [6.07, 6.45) is 0. The molecule has 5 heteroatoms. The van der Waals surface area contributed by atoms with E-state index in [0.29, 0.717) is 5.06 Å². The average molecular weight is 182 g/mol. The molecule has 1 aromatic heterocycles. The number of rotatable bonds is 2. The van der Waals surface area contributed by atoms with E-state index < -0.39 is 5.91 Å². The van der Waals surface area contributed by atoms with E-state index in [-0.39, 0.29) is 17.8 Å². The van der Waals surface area contributed by atoms with Gasteiger partial charge < -0.3 is 4.98 Å². The van der Waals surface area contributed by atoms with Crippen LogP contribution in [0.2, 0.25) is 0 Å². The van der Waals surface area contributed by atoms with Gasteiger partial charge in [-0.2, -0.15) is 0 Å². The largest absolute Gasteiger partial charge is 0.318 e. The van der Waals surface area contributed by atoms with Gasteiger partial charge in [-0.15, -0.1) is 0 Å².